The fourth-order valence-corrected chi connectivity index (χ4v) is 5.26. The highest BCUT2D eigenvalue weighted by Crippen LogP contribution is 2.27. The molecule has 0 saturated carbocycles. The number of halogens is 1. The quantitative estimate of drug-likeness (QED) is 0.389. The van der Waals surface area contributed by atoms with Crippen LogP contribution in [0.3, 0.4) is 0 Å². The van der Waals surface area contributed by atoms with Crippen molar-refractivity contribution in [3.63, 3.8) is 0 Å². The maximum Gasteiger partial charge on any atom is 0.193 e. The van der Waals surface area contributed by atoms with Gasteiger partial charge >= 0.3 is 0 Å². The van der Waals surface area contributed by atoms with Gasteiger partial charge in [-0.1, -0.05) is 13.3 Å². The van der Waals surface area contributed by atoms with Crippen molar-refractivity contribution in [2.45, 2.75) is 64.5 Å². The SMILES string of the molecule is CCN1CCCCC1CNC(=NC)N(C)Cc1nc2c(s1)CCCC2.I. The molecule has 5 nitrogen and oxygen atoms in total. The average molecular weight is 491 g/mol. The minimum absolute atomic E-state index is 0. The maximum atomic E-state index is 4.87. The standard InChI is InChI=1S/C19H33N5S.HI/c1-4-24-12-8-7-9-15(24)13-21-19(20-2)23(3)14-18-22-16-10-5-6-11-17(16)25-18;/h15H,4-14H2,1-3H3,(H,20,21);1H. The third-order valence-corrected chi connectivity index (χ3v) is 6.63. The summed E-state index contributed by atoms with van der Waals surface area (Å²) in [5.74, 6) is 0.981. The molecule has 3 rings (SSSR count). The van der Waals surface area contributed by atoms with Crippen molar-refractivity contribution in [2.75, 3.05) is 33.7 Å². The van der Waals surface area contributed by atoms with Gasteiger partial charge in [-0.3, -0.25) is 9.89 Å². The van der Waals surface area contributed by atoms with Gasteiger partial charge in [-0.15, -0.1) is 35.3 Å². The van der Waals surface area contributed by atoms with E-state index in [9.17, 15) is 0 Å². The molecule has 1 unspecified atom stereocenters. The lowest BCUT2D eigenvalue weighted by atomic mass is 10.0. The van der Waals surface area contributed by atoms with E-state index in [0.717, 1.165) is 32.0 Å². The number of piperidine rings is 1. The predicted molar refractivity (Wildman–Crippen MR) is 122 cm³/mol. The lowest BCUT2D eigenvalue weighted by Gasteiger charge is -2.35. The van der Waals surface area contributed by atoms with Crippen molar-refractivity contribution in [2.24, 2.45) is 4.99 Å². The van der Waals surface area contributed by atoms with E-state index in [0.29, 0.717) is 6.04 Å². The van der Waals surface area contributed by atoms with Crippen LogP contribution in [0.2, 0.25) is 0 Å². The van der Waals surface area contributed by atoms with Gasteiger partial charge in [0.1, 0.15) is 5.01 Å². The van der Waals surface area contributed by atoms with Gasteiger partial charge in [-0.25, -0.2) is 4.98 Å². The zero-order valence-electron chi connectivity index (χ0n) is 16.5. The fourth-order valence-electron chi connectivity index (χ4n) is 4.05. The molecule has 0 bridgehead atoms. The lowest BCUT2D eigenvalue weighted by molar-refractivity contribution is 0.156. The molecule has 1 fully saturated rings. The number of rotatable bonds is 5. The predicted octanol–water partition coefficient (Wildman–Crippen LogP) is 3.52. The van der Waals surface area contributed by atoms with Crippen molar-refractivity contribution in [1.82, 2.24) is 20.1 Å². The molecule has 0 spiro atoms. The summed E-state index contributed by atoms with van der Waals surface area (Å²) in [6.45, 7) is 6.48. The van der Waals surface area contributed by atoms with Crippen LogP contribution in [0.5, 0.6) is 0 Å². The summed E-state index contributed by atoms with van der Waals surface area (Å²) in [5, 5.41) is 4.82. The van der Waals surface area contributed by atoms with Crippen LogP contribution in [0.4, 0.5) is 0 Å². The summed E-state index contributed by atoms with van der Waals surface area (Å²) in [5.41, 5.74) is 1.35. The molecule has 1 saturated heterocycles. The van der Waals surface area contributed by atoms with Gasteiger partial charge < -0.3 is 10.2 Å². The first-order valence-electron chi connectivity index (χ1n) is 9.84. The van der Waals surface area contributed by atoms with E-state index in [1.54, 1.807) is 0 Å². The zero-order chi connectivity index (χ0) is 17.6. The molecule has 148 valence electrons. The lowest BCUT2D eigenvalue weighted by Crippen LogP contribution is -2.49. The number of likely N-dealkylation sites (tertiary alicyclic amines) is 1. The number of thiazole rings is 1. The second kappa shape index (κ2) is 10.8. The topological polar surface area (TPSA) is 43.8 Å². The average Bonchev–Trinajstić information content (AvgIpc) is 3.04. The molecule has 1 N–H and O–H groups in total. The molecule has 7 heteroatoms. The Labute approximate surface area is 179 Å². The molecule has 26 heavy (non-hydrogen) atoms. The van der Waals surface area contributed by atoms with Crippen LogP contribution in [0, 0.1) is 0 Å². The second-order valence-electron chi connectivity index (χ2n) is 7.25. The minimum Gasteiger partial charge on any atom is -0.355 e. The van der Waals surface area contributed by atoms with E-state index in [1.807, 2.05) is 18.4 Å². The maximum absolute atomic E-state index is 4.87. The van der Waals surface area contributed by atoms with Gasteiger partial charge in [0.25, 0.3) is 0 Å². The molecule has 1 aromatic rings. The molecule has 0 radical (unpaired) electrons. The number of hydrogen-bond donors (Lipinski definition) is 1. The number of aliphatic imine (C=N–C) groups is 1. The van der Waals surface area contributed by atoms with Crippen molar-refractivity contribution in [1.29, 1.82) is 0 Å². The molecule has 1 aliphatic heterocycles. The summed E-state index contributed by atoms with van der Waals surface area (Å²) in [7, 11) is 4.00. The molecule has 1 aliphatic carbocycles. The van der Waals surface area contributed by atoms with Crippen LogP contribution in [-0.4, -0.2) is 60.5 Å². The van der Waals surface area contributed by atoms with Gasteiger partial charge in [0, 0.05) is 31.6 Å². The first kappa shape index (κ1) is 21.9. The zero-order valence-corrected chi connectivity index (χ0v) is 19.6. The number of guanidine groups is 1. The number of aromatic nitrogens is 1. The van der Waals surface area contributed by atoms with Gasteiger partial charge in [-0.2, -0.15) is 0 Å². The van der Waals surface area contributed by atoms with Crippen LogP contribution < -0.4 is 5.32 Å². The minimum atomic E-state index is 0. The second-order valence-corrected chi connectivity index (χ2v) is 8.42. The number of nitrogens with one attached hydrogen (secondary N) is 1. The number of likely N-dealkylation sites (N-methyl/N-ethyl adjacent to an activating group) is 1. The third kappa shape index (κ3) is 5.55. The van der Waals surface area contributed by atoms with E-state index < -0.39 is 0 Å². The fraction of sp³-hybridized carbons (Fsp3) is 0.789. The van der Waals surface area contributed by atoms with Crippen LogP contribution >= 0.6 is 35.3 Å². The van der Waals surface area contributed by atoms with E-state index in [-0.39, 0.29) is 24.0 Å². The molecular formula is C19H34IN5S. The summed E-state index contributed by atoms with van der Waals surface area (Å²) in [6, 6.07) is 0.635. The Balaban J connectivity index is 0.00000243. The van der Waals surface area contributed by atoms with Crippen molar-refractivity contribution >= 4 is 41.3 Å². The number of hydrogen-bond acceptors (Lipinski definition) is 4. The Hall–Kier alpha value is -0.410. The molecular weight excluding hydrogens is 457 g/mol. The highest BCUT2D eigenvalue weighted by atomic mass is 127. The van der Waals surface area contributed by atoms with Crippen molar-refractivity contribution in [3.8, 4) is 0 Å². The van der Waals surface area contributed by atoms with E-state index >= 15 is 0 Å². The van der Waals surface area contributed by atoms with E-state index in [4.69, 9.17) is 4.98 Å². The van der Waals surface area contributed by atoms with Crippen LogP contribution in [0.25, 0.3) is 0 Å². The first-order chi connectivity index (χ1) is 12.2. The first-order valence-corrected chi connectivity index (χ1v) is 10.7. The van der Waals surface area contributed by atoms with Crippen molar-refractivity contribution < 1.29 is 0 Å². The van der Waals surface area contributed by atoms with Crippen LogP contribution in [0.15, 0.2) is 4.99 Å². The van der Waals surface area contributed by atoms with Gasteiger partial charge in [0.2, 0.25) is 0 Å². The molecule has 2 aliphatic rings. The monoisotopic (exact) mass is 491 g/mol. The van der Waals surface area contributed by atoms with Gasteiger partial charge in [-0.05, 0) is 51.6 Å². The van der Waals surface area contributed by atoms with Crippen LogP contribution in [-0.2, 0) is 19.4 Å². The molecule has 0 amide bonds. The largest absolute Gasteiger partial charge is 0.355 e. The number of nitrogens with zero attached hydrogens (tertiary/aromatic N) is 4. The van der Waals surface area contributed by atoms with Gasteiger partial charge in [0.15, 0.2) is 5.96 Å². The highest BCUT2D eigenvalue weighted by Gasteiger charge is 2.22. The Morgan fingerprint density at radius 2 is 2.12 bits per heavy atom. The van der Waals surface area contributed by atoms with Crippen molar-refractivity contribution in [3.05, 3.63) is 15.6 Å². The molecule has 0 aromatic carbocycles. The molecule has 1 aromatic heterocycles. The summed E-state index contributed by atoms with van der Waals surface area (Å²) in [6.07, 6.45) is 8.99. The summed E-state index contributed by atoms with van der Waals surface area (Å²) >= 11 is 1.90. The Morgan fingerprint density at radius 1 is 1.31 bits per heavy atom. The molecule has 2 heterocycles. The Kier molecular flexibility index (Phi) is 9.09. The highest BCUT2D eigenvalue weighted by molar-refractivity contribution is 14.0. The Morgan fingerprint density at radius 3 is 2.85 bits per heavy atom. The molecule has 1 atom stereocenters. The van der Waals surface area contributed by atoms with Gasteiger partial charge in [0.05, 0.1) is 12.2 Å². The Bertz CT molecular complexity index is 565. The van der Waals surface area contributed by atoms with E-state index in [1.165, 1.54) is 60.6 Å². The third-order valence-electron chi connectivity index (χ3n) is 5.49. The smallest absolute Gasteiger partial charge is 0.193 e. The van der Waals surface area contributed by atoms with Crippen LogP contribution in [0.1, 0.15) is 54.6 Å². The summed E-state index contributed by atoms with van der Waals surface area (Å²) < 4.78 is 0. The number of fused-ring (bicyclic) bond motifs is 1. The van der Waals surface area contributed by atoms with E-state index in [2.05, 4.69) is 34.1 Å². The normalized spacial score (nSPS) is 21.0. The number of aryl methyl sites for hydroxylation is 2. The summed E-state index contributed by atoms with van der Waals surface area (Å²) in [4.78, 5) is 15.7.